The Morgan fingerprint density at radius 1 is 1.77 bits per heavy atom. The number of carbonyl (C=O) groups excluding carboxylic acids is 1. The molecule has 0 N–H and O–H groups in total. The molecule has 0 aliphatic heterocycles. The van der Waals surface area contributed by atoms with E-state index in [1.807, 2.05) is 5.38 Å². The van der Waals surface area contributed by atoms with E-state index in [2.05, 4.69) is 4.98 Å². The lowest BCUT2D eigenvalue weighted by Gasteiger charge is -1.97. The molecule has 1 aromatic heterocycles. The van der Waals surface area contributed by atoms with Gasteiger partial charge in [0.25, 0.3) is 0 Å². The molecule has 0 atom stereocenters. The molecule has 13 heavy (non-hydrogen) atoms. The van der Waals surface area contributed by atoms with E-state index >= 15 is 0 Å². The van der Waals surface area contributed by atoms with Crippen molar-refractivity contribution in [2.24, 2.45) is 0 Å². The van der Waals surface area contributed by atoms with Gasteiger partial charge in [-0.3, -0.25) is 4.79 Å². The van der Waals surface area contributed by atoms with Gasteiger partial charge in [0.05, 0.1) is 24.6 Å². The third-order valence-corrected chi connectivity index (χ3v) is 2.51. The molecule has 1 heterocycles. The summed E-state index contributed by atoms with van der Waals surface area (Å²) in [5.74, 6) is 0.150. The zero-order valence-corrected chi connectivity index (χ0v) is 8.82. The Morgan fingerprint density at radius 2 is 2.54 bits per heavy atom. The summed E-state index contributed by atoms with van der Waals surface area (Å²) >= 11 is 7.00. The summed E-state index contributed by atoms with van der Waals surface area (Å²) in [6.07, 6.45) is 0.245. The highest BCUT2D eigenvalue weighted by atomic mass is 35.5. The molecular formula is C8H10ClNO2S. The van der Waals surface area contributed by atoms with Crippen LogP contribution in [0, 0.1) is 0 Å². The molecule has 0 aromatic carbocycles. The number of aromatic nitrogens is 1. The number of hydrogen-bond acceptors (Lipinski definition) is 4. The minimum Gasteiger partial charge on any atom is -0.466 e. The summed E-state index contributed by atoms with van der Waals surface area (Å²) in [5.41, 5.74) is 0.811. The summed E-state index contributed by atoms with van der Waals surface area (Å²) < 4.78 is 4.78. The van der Waals surface area contributed by atoms with Crippen LogP contribution in [0.5, 0.6) is 0 Å². The molecule has 0 fully saturated rings. The van der Waals surface area contributed by atoms with Crippen LogP contribution < -0.4 is 0 Å². The van der Waals surface area contributed by atoms with Gasteiger partial charge < -0.3 is 4.74 Å². The van der Waals surface area contributed by atoms with Gasteiger partial charge in [-0.25, -0.2) is 4.98 Å². The minimum atomic E-state index is -0.238. The van der Waals surface area contributed by atoms with Crippen LogP contribution in [-0.2, 0) is 21.8 Å². The Hall–Kier alpha value is -0.610. The smallest absolute Gasteiger partial charge is 0.312 e. The zero-order chi connectivity index (χ0) is 9.68. The van der Waals surface area contributed by atoms with E-state index < -0.39 is 0 Å². The standard InChI is InChI=1S/C8H10ClNO2S/c1-2-12-8(11)3-7-10-6(4-9)5-13-7/h5H,2-4H2,1H3. The molecule has 1 aromatic rings. The van der Waals surface area contributed by atoms with Gasteiger partial charge in [-0.05, 0) is 6.92 Å². The molecule has 1 rings (SSSR count). The third-order valence-electron chi connectivity index (χ3n) is 1.34. The number of hydrogen-bond donors (Lipinski definition) is 0. The van der Waals surface area contributed by atoms with Crippen molar-refractivity contribution in [3.8, 4) is 0 Å². The fourth-order valence-electron chi connectivity index (χ4n) is 0.827. The van der Waals surface area contributed by atoms with Crippen LogP contribution in [0.15, 0.2) is 5.38 Å². The Kier molecular flexibility index (Phi) is 4.18. The third kappa shape index (κ3) is 3.32. The second-order valence-electron chi connectivity index (χ2n) is 2.35. The minimum absolute atomic E-state index is 0.238. The molecule has 72 valence electrons. The highest BCUT2D eigenvalue weighted by molar-refractivity contribution is 7.09. The maximum atomic E-state index is 11.0. The fourth-order valence-corrected chi connectivity index (χ4v) is 1.83. The summed E-state index contributed by atoms with van der Waals surface area (Å²) in [7, 11) is 0. The lowest BCUT2D eigenvalue weighted by atomic mass is 10.4. The molecule has 0 unspecified atom stereocenters. The van der Waals surface area contributed by atoms with Crippen molar-refractivity contribution in [2.45, 2.75) is 19.2 Å². The fraction of sp³-hybridized carbons (Fsp3) is 0.500. The molecule has 0 saturated carbocycles. The number of nitrogens with zero attached hydrogens (tertiary/aromatic N) is 1. The second-order valence-corrected chi connectivity index (χ2v) is 3.56. The van der Waals surface area contributed by atoms with Crippen molar-refractivity contribution in [1.29, 1.82) is 0 Å². The lowest BCUT2D eigenvalue weighted by molar-refractivity contribution is -0.142. The van der Waals surface area contributed by atoms with E-state index in [1.54, 1.807) is 6.92 Å². The monoisotopic (exact) mass is 219 g/mol. The van der Waals surface area contributed by atoms with Crippen molar-refractivity contribution in [3.63, 3.8) is 0 Å². The molecule has 0 bridgehead atoms. The average Bonchev–Trinajstić information content (AvgIpc) is 2.52. The number of rotatable bonds is 4. The number of ether oxygens (including phenoxy) is 1. The maximum Gasteiger partial charge on any atom is 0.312 e. The predicted molar refractivity (Wildman–Crippen MR) is 52.0 cm³/mol. The van der Waals surface area contributed by atoms with Gasteiger partial charge in [0.1, 0.15) is 5.01 Å². The summed E-state index contributed by atoms with van der Waals surface area (Å²) in [6, 6.07) is 0. The van der Waals surface area contributed by atoms with Crippen molar-refractivity contribution < 1.29 is 9.53 Å². The van der Waals surface area contributed by atoms with Gasteiger partial charge in [0.15, 0.2) is 0 Å². The molecular weight excluding hydrogens is 210 g/mol. The van der Waals surface area contributed by atoms with Crippen LogP contribution in [0.2, 0.25) is 0 Å². The Balaban J connectivity index is 2.49. The van der Waals surface area contributed by atoms with E-state index in [0.29, 0.717) is 12.5 Å². The largest absolute Gasteiger partial charge is 0.466 e. The van der Waals surface area contributed by atoms with Crippen LogP contribution in [0.1, 0.15) is 17.6 Å². The number of thiazole rings is 1. The highest BCUT2D eigenvalue weighted by Gasteiger charge is 2.07. The molecule has 5 heteroatoms. The summed E-state index contributed by atoms with van der Waals surface area (Å²) in [5, 5.41) is 2.61. The van der Waals surface area contributed by atoms with Gasteiger partial charge in [-0.15, -0.1) is 22.9 Å². The lowest BCUT2D eigenvalue weighted by Crippen LogP contribution is -2.07. The van der Waals surface area contributed by atoms with Crippen LogP contribution in [0.25, 0.3) is 0 Å². The first-order chi connectivity index (χ1) is 6.26. The molecule has 0 aliphatic carbocycles. The van der Waals surface area contributed by atoms with Gasteiger partial charge in [0, 0.05) is 5.38 Å². The topological polar surface area (TPSA) is 39.2 Å². The van der Waals surface area contributed by atoms with Crippen molar-refractivity contribution in [3.05, 3.63) is 16.1 Å². The van der Waals surface area contributed by atoms with Gasteiger partial charge in [-0.1, -0.05) is 0 Å². The van der Waals surface area contributed by atoms with Crippen LogP contribution in [0.4, 0.5) is 0 Å². The maximum absolute atomic E-state index is 11.0. The van der Waals surface area contributed by atoms with E-state index in [-0.39, 0.29) is 12.4 Å². The molecule has 3 nitrogen and oxygen atoms in total. The average molecular weight is 220 g/mol. The Labute approximate surface area is 85.7 Å². The first-order valence-corrected chi connectivity index (χ1v) is 5.32. The molecule has 0 radical (unpaired) electrons. The molecule has 0 aliphatic rings. The van der Waals surface area contributed by atoms with Crippen molar-refractivity contribution in [2.75, 3.05) is 6.61 Å². The molecule has 0 spiro atoms. The first-order valence-electron chi connectivity index (χ1n) is 3.91. The van der Waals surface area contributed by atoms with Gasteiger partial charge in [-0.2, -0.15) is 0 Å². The van der Waals surface area contributed by atoms with Crippen LogP contribution in [0.3, 0.4) is 0 Å². The van der Waals surface area contributed by atoms with Crippen molar-refractivity contribution >= 4 is 28.9 Å². The SMILES string of the molecule is CCOC(=O)Cc1nc(CCl)cs1. The summed E-state index contributed by atoms with van der Waals surface area (Å²) in [6.45, 7) is 2.19. The van der Waals surface area contributed by atoms with E-state index in [4.69, 9.17) is 16.3 Å². The number of halogens is 1. The van der Waals surface area contributed by atoms with E-state index in [0.717, 1.165) is 10.7 Å². The van der Waals surface area contributed by atoms with Gasteiger partial charge >= 0.3 is 5.97 Å². The van der Waals surface area contributed by atoms with Crippen molar-refractivity contribution in [1.82, 2.24) is 4.98 Å². The van der Waals surface area contributed by atoms with E-state index in [1.165, 1.54) is 11.3 Å². The Morgan fingerprint density at radius 3 is 3.08 bits per heavy atom. The first kappa shape index (κ1) is 10.5. The Bertz CT molecular complexity index is 287. The quantitative estimate of drug-likeness (QED) is 0.574. The number of alkyl halides is 1. The van der Waals surface area contributed by atoms with Crippen LogP contribution in [-0.4, -0.2) is 17.6 Å². The molecule has 0 saturated heterocycles. The second kappa shape index (κ2) is 5.19. The zero-order valence-electron chi connectivity index (χ0n) is 7.25. The summed E-state index contributed by atoms with van der Waals surface area (Å²) in [4.78, 5) is 15.2. The van der Waals surface area contributed by atoms with Crippen LogP contribution >= 0.6 is 22.9 Å². The highest BCUT2D eigenvalue weighted by Crippen LogP contribution is 2.12. The number of esters is 1. The van der Waals surface area contributed by atoms with Gasteiger partial charge in [0.2, 0.25) is 0 Å². The van der Waals surface area contributed by atoms with E-state index in [9.17, 15) is 4.79 Å². The predicted octanol–water partition coefficient (Wildman–Crippen LogP) is 1.99. The number of carbonyl (C=O) groups is 1. The normalized spacial score (nSPS) is 10.0. The molecule has 0 amide bonds.